The number of ether oxygens (including phenoxy) is 1. The number of hydrogen-bond acceptors (Lipinski definition) is 7. The first-order chi connectivity index (χ1) is 20.7. The number of amides is 1. The first-order valence-electron chi connectivity index (χ1n) is 15.5. The van der Waals surface area contributed by atoms with Crippen LogP contribution < -0.4 is 9.46 Å². The normalized spacial score (nSPS) is 20.5. The van der Waals surface area contributed by atoms with Crippen molar-refractivity contribution in [2.75, 3.05) is 30.9 Å². The van der Waals surface area contributed by atoms with Crippen LogP contribution in [0.4, 0.5) is 5.95 Å². The molecule has 1 saturated heterocycles. The van der Waals surface area contributed by atoms with E-state index in [-0.39, 0.29) is 34.1 Å². The van der Waals surface area contributed by atoms with Crippen LogP contribution in [0.2, 0.25) is 0 Å². The van der Waals surface area contributed by atoms with Gasteiger partial charge < -0.3 is 9.64 Å². The number of benzene rings is 2. The summed E-state index contributed by atoms with van der Waals surface area (Å²) >= 11 is 0. The molecule has 1 fully saturated rings. The second-order valence-electron chi connectivity index (χ2n) is 13.9. The fourth-order valence-corrected chi connectivity index (χ4v) is 7.12. The van der Waals surface area contributed by atoms with E-state index in [1.54, 1.807) is 18.2 Å². The topological polar surface area (TPSA) is 105 Å². The van der Waals surface area contributed by atoms with E-state index >= 15 is 0 Å². The number of nitrogens with zero attached hydrogens (tertiary/aromatic N) is 4. The van der Waals surface area contributed by atoms with Gasteiger partial charge in [0.2, 0.25) is 11.8 Å². The number of hydrogen-bond donors (Lipinski definition) is 1. The highest BCUT2D eigenvalue weighted by Gasteiger charge is 2.35. The van der Waals surface area contributed by atoms with E-state index in [1.165, 1.54) is 12.1 Å². The van der Waals surface area contributed by atoms with Crippen LogP contribution in [0.1, 0.15) is 68.9 Å². The zero-order valence-corrected chi connectivity index (χ0v) is 27.7. The van der Waals surface area contributed by atoms with E-state index in [0.717, 1.165) is 36.1 Å². The highest BCUT2D eigenvalue weighted by Crippen LogP contribution is 2.31. The summed E-state index contributed by atoms with van der Waals surface area (Å²) in [6.45, 7) is 17.5. The summed E-state index contributed by atoms with van der Waals surface area (Å²) in [5, 5.41) is 0. The average molecular weight is 620 g/mol. The Morgan fingerprint density at radius 1 is 1.00 bits per heavy atom. The van der Waals surface area contributed by atoms with E-state index in [1.807, 2.05) is 36.9 Å². The number of aryl methyl sites for hydroxylation is 2. The summed E-state index contributed by atoms with van der Waals surface area (Å²) in [5.74, 6) is 0.400. The summed E-state index contributed by atoms with van der Waals surface area (Å²) < 4.78 is 36.3. The highest BCUT2D eigenvalue weighted by atomic mass is 32.2. The van der Waals surface area contributed by atoms with Crippen molar-refractivity contribution in [2.45, 2.75) is 78.3 Å². The van der Waals surface area contributed by atoms with E-state index < -0.39 is 16.1 Å². The van der Waals surface area contributed by atoms with Crippen molar-refractivity contribution in [3.05, 3.63) is 65.2 Å². The van der Waals surface area contributed by atoms with Crippen LogP contribution in [0.3, 0.4) is 0 Å². The van der Waals surface area contributed by atoms with Crippen LogP contribution in [0.15, 0.2) is 53.4 Å². The molecule has 10 heteroatoms. The Morgan fingerprint density at radius 3 is 2.39 bits per heavy atom. The van der Waals surface area contributed by atoms with Gasteiger partial charge in [-0.25, -0.2) is 18.1 Å². The Bertz CT molecular complexity index is 1610. The van der Waals surface area contributed by atoms with Crippen LogP contribution in [0.25, 0.3) is 11.3 Å². The molecule has 6 bridgehead atoms. The lowest BCUT2D eigenvalue weighted by molar-refractivity contribution is 0.0681. The fraction of sp³-hybridized carbons (Fsp3) is 0.500. The van der Waals surface area contributed by atoms with Gasteiger partial charge in [0.05, 0.1) is 17.1 Å². The number of nitrogens with one attached hydrogen (secondary N) is 1. The van der Waals surface area contributed by atoms with Crippen LogP contribution >= 0.6 is 0 Å². The van der Waals surface area contributed by atoms with E-state index in [0.29, 0.717) is 36.8 Å². The lowest BCUT2D eigenvalue weighted by Crippen LogP contribution is -2.44. The molecule has 44 heavy (non-hydrogen) atoms. The molecule has 1 N–H and O–H groups in total. The number of carbonyl (C=O) groups is 1. The molecule has 1 aromatic heterocycles. The van der Waals surface area contributed by atoms with E-state index in [9.17, 15) is 13.2 Å². The number of rotatable bonds is 5. The Morgan fingerprint density at radius 2 is 1.70 bits per heavy atom. The first kappa shape index (κ1) is 31.9. The van der Waals surface area contributed by atoms with Crippen molar-refractivity contribution in [1.29, 1.82) is 0 Å². The maximum Gasteiger partial charge on any atom is 0.264 e. The molecule has 0 unspecified atom stereocenters. The van der Waals surface area contributed by atoms with Gasteiger partial charge in [0.25, 0.3) is 15.9 Å². The molecule has 2 atom stereocenters. The molecule has 236 valence electrons. The van der Waals surface area contributed by atoms with Gasteiger partial charge in [0.15, 0.2) is 0 Å². The first-order valence-corrected chi connectivity index (χ1v) is 17.0. The predicted molar refractivity (Wildman–Crippen MR) is 173 cm³/mol. The molecule has 3 aromatic rings. The van der Waals surface area contributed by atoms with Gasteiger partial charge >= 0.3 is 0 Å². The average Bonchev–Trinajstić information content (AvgIpc) is 3.08. The molecule has 1 amide bonds. The Hall–Kier alpha value is -3.50. The molecule has 0 radical (unpaired) electrons. The van der Waals surface area contributed by atoms with E-state index in [2.05, 4.69) is 54.2 Å². The predicted octanol–water partition coefficient (Wildman–Crippen LogP) is 5.93. The van der Waals surface area contributed by atoms with Crippen molar-refractivity contribution in [3.63, 3.8) is 0 Å². The fourth-order valence-electron chi connectivity index (χ4n) is 6.13. The number of carbonyl (C=O) groups excluding carboxylic acids is 1. The van der Waals surface area contributed by atoms with Gasteiger partial charge in [-0.15, -0.1) is 0 Å². The van der Waals surface area contributed by atoms with Crippen molar-refractivity contribution >= 4 is 21.9 Å². The molecule has 2 aliphatic heterocycles. The minimum absolute atomic E-state index is 0.0250. The van der Waals surface area contributed by atoms with Crippen LogP contribution in [0.5, 0.6) is 5.88 Å². The molecule has 2 aromatic carbocycles. The second-order valence-corrected chi connectivity index (χ2v) is 15.5. The molecule has 3 heterocycles. The van der Waals surface area contributed by atoms with Gasteiger partial charge in [-0.2, -0.15) is 4.98 Å². The Balaban J connectivity index is 1.65. The third-order valence-electron chi connectivity index (χ3n) is 8.33. The summed E-state index contributed by atoms with van der Waals surface area (Å²) in [4.78, 5) is 27.5. The third kappa shape index (κ3) is 7.41. The SMILES string of the molecule is Cc1cccc(C)c1-c1cc2nc(n1)NS(=O)(=O)c1cccc(c1)C(=O)N1C[C@@H](CN(CCC(C)(C)C)[C@@H](CC(C)C)C1)O2. The molecular weight excluding hydrogens is 574 g/mol. The number of aromatic nitrogens is 2. The number of fused-ring (bicyclic) bond motifs is 6. The highest BCUT2D eigenvalue weighted by molar-refractivity contribution is 7.92. The molecule has 0 spiro atoms. The van der Waals surface area contributed by atoms with Gasteiger partial charge in [-0.1, -0.05) is 58.9 Å². The molecular formula is C34H45N5O4S. The molecule has 0 aliphatic carbocycles. The lowest BCUT2D eigenvalue weighted by Gasteiger charge is -2.34. The zero-order valence-electron chi connectivity index (χ0n) is 26.9. The lowest BCUT2D eigenvalue weighted by atomic mass is 9.91. The molecule has 9 nitrogen and oxygen atoms in total. The minimum Gasteiger partial charge on any atom is -0.471 e. The van der Waals surface area contributed by atoms with Crippen molar-refractivity contribution in [2.24, 2.45) is 11.3 Å². The summed E-state index contributed by atoms with van der Waals surface area (Å²) in [7, 11) is -4.10. The van der Waals surface area contributed by atoms with Crippen molar-refractivity contribution in [1.82, 2.24) is 19.8 Å². The van der Waals surface area contributed by atoms with Gasteiger partial charge in [-0.3, -0.25) is 9.69 Å². The largest absolute Gasteiger partial charge is 0.471 e. The Kier molecular flexibility index (Phi) is 9.05. The van der Waals surface area contributed by atoms with Crippen molar-refractivity contribution < 1.29 is 17.9 Å². The zero-order chi connectivity index (χ0) is 31.8. The third-order valence-corrected chi connectivity index (χ3v) is 9.66. The standard InChI is InChI=1S/C34H45N5O4S/c1-22(2)16-26-19-39-21-27(20-38(26)15-14-34(5,6)7)43-30-18-29(31-23(3)10-8-11-24(31)4)35-33(36-30)37-44(41,42)28-13-9-12-25(17-28)32(39)40/h8-13,17-18,22,26-27H,14-16,19-21H2,1-7H3,(H,35,36,37)/t26-,27+/m0/s1. The van der Waals surface area contributed by atoms with Gasteiger partial charge in [-0.05, 0) is 73.9 Å². The number of sulfonamides is 1. The maximum absolute atomic E-state index is 14.1. The summed E-state index contributed by atoms with van der Waals surface area (Å²) in [6.07, 6.45) is 1.53. The van der Waals surface area contributed by atoms with Crippen LogP contribution in [-0.4, -0.2) is 72.4 Å². The summed E-state index contributed by atoms with van der Waals surface area (Å²) in [6, 6.07) is 14.1. The van der Waals surface area contributed by atoms with Crippen LogP contribution in [-0.2, 0) is 10.0 Å². The van der Waals surface area contributed by atoms with E-state index in [4.69, 9.17) is 4.74 Å². The van der Waals surface area contributed by atoms with Gasteiger partial charge in [0, 0.05) is 36.3 Å². The molecule has 5 rings (SSSR count). The maximum atomic E-state index is 14.1. The number of anilines is 1. The minimum atomic E-state index is -4.10. The monoisotopic (exact) mass is 619 g/mol. The second kappa shape index (κ2) is 12.5. The molecule has 0 saturated carbocycles. The smallest absolute Gasteiger partial charge is 0.264 e. The quantitative estimate of drug-likeness (QED) is 0.377. The summed E-state index contributed by atoms with van der Waals surface area (Å²) in [5.41, 5.74) is 3.94. The van der Waals surface area contributed by atoms with Crippen molar-refractivity contribution in [3.8, 4) is 17.1 Å². The molecule has 2 aliphatic rings. The van der Waals surface area contributed by atoms with Crippen LogP contribution in [0, 0.1) is 25.2 Å². The Labute approximate surface area is 262 Å². The van der Waals surface area contributed by atoms with Gasteiger partial charge in [0.1, 0.15) is 6.10 Å².